The van der Waals surface area contributed by atoms with E-state index >= 15 is 0 Å². The molecule has 0 aliphatic rings. The van der Waals surface area contributed by atoms with E-state index in [0.29, 0.717) is 6.42 Å². The molecule has 0 aromatic rings. The van der Waals surface area contributed by atoms with Gasteiger partial charge in [0, 0.05) is 0 Å². The highest BCUT2D eigenvalue weighted by molar-refractivity contribution is 7.80. The van der Waals surface area contributed by atoms with Crippen LogP contribution in [-0.4, -0.2) is 19.6 Å². The standard InChI is InChI=1S/C16H34O4S/c1-3-16(2)14-12-10-8-6-4-5-7-9-11-13-15-20-21(17,18)19/h16H,3-15H2,1-2H3,(H,17,18,19). The first-order chi connectivity index (χ1) is 9.95. The highest BCUT2D eigenvalue weighted by Crippen LogP contribution is 2.15. The molecule has 21 heavy (non-hydrogen) atoms. The molecular formula is C16H34O4S. The minimum absolute atomic E-state index is 0.0923. The van der Waals surface area contributed by atoms with Gasteiger partial charge < -0.3 is 0 Å². The Hall–Kier alpha value is -0.130. The summed E-state index contributed by atoms with van der Waals surface area (Å²) < 4.78 is 33.2. The van der Waals surface area contributed by atoms with Crippen LogP contribution in [0.5, 0.6) is 0 Å². The predicted octanol–water partition coefficient (Wildman–Crippen LogP) is 5.14. The highest BCUT2D eigenvalue weighted by Gasteiger charge is 2.02. The highest BCUT2D eigenvalue weighted by atomic mass is 32.3. The molecule has 0 aromatic carbocycles. The first-order valence-corrected chi connectivity index (χ1v) is 9.94. The lowest BCUT2D eigenvalue weighted by atomic mass is 9.99. The first-order valence-electron chi connectivity index (χ1n) is 8.57. The predicted molar refractivity (Wildman–Crippen MR) is 87.7 cm³/mol. The molecule has 0 aliphatic carbocycles. The van der Waals surface area contributed by atoms with E-state index in [1.54, 1.807) is 0 Å². The number of rotatable bonds is 15. The summed E-state index contributed by atoms with van der Waals surface area (Å²) >= 11 is 0. The van der Waals surface area contributed by atoms with Crippen LogP contribution in [0.25, 0.3) is 0 Å². The Morgan fingerprint density at radius 2 is 1.29 bits per heavy atom. The van der Waals surface area contributed by atoms with Gasteiger partial charge in [-0.25, -0.2) is 4.18 Å². The van der Waals surface area contributed by atoms with Crippen molar-refractivity contribution < 1.29 is 17.2 Å². The largest absolute Gasteiger partial charge is 0.397 e. The van der Waals surface area contributed by atoms with Gasteiger partial charge in [-0.1, -0.05) is 84.5 Å². The molecule has 0 bridgehead atoms. The van der Waals surface area contributed by atoms with E-state index in [9.17, 15) is 8.42 Å². The Kier molecular flexibility index (Phi) is 13.4. The molecule has 1 unspecified atom stereocenters. The van der Waals surface area contributed by atoms with Crippen LogP contribution in [0.1, 0.15) is 90.9 Å². The zero-order valence-corrected chi connectivity index (χ0v) is 14.7. The maximum atomic E-state index is 10.3. The Balaban J connectivity index is 3.09. The molecule has 5 heteroatoms. The third-order valence-electron chi connectivity index (χ3n) is 4.02. The molecule has 0 saturated heterocycles. The maximum Gasteiger partial charge on any atom is 0.397 e. The van der Waals surface area contributed by atoms with Crippen molar-refractivity contribution in [1.82, 2.24) is 0 Å². The third-order valence-corrected chi connectivity index (χ3v) is 4.48. The first kappa shape index (κ1) is 20.9. The van der Waals surface area contributed by atoms with E-state index in [2.05, 4.69) is 18.0 Å². The van der Waals surface area contributed by atoms with Gasteiger partial charge in [-0.3, -0.25) is 4.55 Å². The molecule has 0 rings (SSSR count). The molecule has 128 valence electrons. The van der Waals surface area contributed by atoms with E-state index in [1.165, 1.54) is 57.8 Å². The summed E-state index contributed by atoms with van der Waals surface area (Å²) in [5.74, 6) is 0.884. The summed E-state index contributed by atoms with van der Waals surface area (Å²) in [7, 11) is -4.24. The Morgan fingerprint density at radius 1 is 0.857 bits per heavy atom. The fraction of sp³-hybridized carbons (Fsp3) is 1.00. The summed E-state index contributed by atoms with van der Waals surface area (Å²) in [4.78, 5) is 0. The molecule has 0 saturated carbocycles. The average Bonchev–Trinajstić information content (AvgIpc) is 2.42. The van der Waals surface area contributed by atoms with Gasteiger partial charge in [0.15, 0.2) is 0 Å². The topological polar surface area (TPSA) is 63.6 Å². The molecular weight excluding hydrogens is 288 g/mol. The van der Waals surface area contributed by atoms with Crippen molar-refractivity contribution in [2.45, 2.75) is 90.9 Å². The zero-order chi connectivity index (χ0) is 16.0. The lowest BCUT2D eigenvalue weighted by molar-refractivity contribution is 0.261. The molecule has 4 nitrogen and oxygen atoms in total. The van der Waals surface area contributed by atoms with Crippen LogP contribution in [0, 0.1) is 5.92 Å². The van der Waals surface area contributed by atoms with Crippen molar-refractivity contribution in [1.29, 1.82) is 0 Å². The van der Waals surface area contributed by atoms with Gasteiger partial charge in [0.2, 0.25) is 0 Å². The maximum absolute atomic E-state index is 10.3. The fourth-order valence-electron chi connectivity index (χ4n) is 2.38. The minimum atomic E-state index is -4.24. The Bertz CT molecular complexity index is 314. The molecule has 1 atom stereocenters. The number of hydrogen-bond acceptors (Lipinski definition) is 3. The third kappa shape index (κ3) is 17.8. The van der Waals surface area contributed by atoms with Gasteiger partial charge in [0.1, 0.15) is 0 Å². The van der Waals surface area contributed by atoms with Gasteiger partial charge in [0.05, 0.1) is 6.61 Å². The van der Waals surface area contributed by atoms with Gasteiger partial charge in [0.25, 0.3) is 0 Å². The van der Waals surface area contributed by atoms with Crippen LogP contribution in [0.15, 0.2) is 0 Å². The van der Waals surface area contributed by atoms with Gasteiger partial charge in [-0.05, 0) is 12.3 Å². The van der Waals surface area contributed by atoms with Crippen molar-refractivity contribution in [3.05, 3.63) is 0 Å². The van der Waals surface area contributed by atoms with E-state index in [-0.39, 0.29) is 6.61 Å². The van der Waals surface area contributed by atoms with Gasteiger partial charge in [-0.2, -0.15) is 8.42 Å². The van der Waals surface area contributed by atoms with Crippen molar-refractivity contribution in [3.63, 3.8) is 0 Å². The van der Waals surface area contributed by atoms with Crippen LogP contribution in [0.2, 0.25) is 0 Å². The molecule has 0 aromatic heterocycles. The number of unbranched alkanes of at least 4 members (excludes halogenated alkanes) is 9. The molecule has 0 amide bonds. The molecule has 0 fully saturated rings. The van der Waals surface area contributed by atoms with Crippen LogP contribution < -0.4 is 0 Å². The van der Waals surface area contributed by atoms with Gasteiger partial charge >= 0.3 is 10.4 Å². The zero-order valence-electron chi connectivity index (χ0n) is 13.8. The molecule has 0 aliphatic heterocycles. The minimum Gasteiger partial charge on any atom is -0.264 e. The molecule has 0 radical (unpaired) electrons. The normalized spacial score (nSPS) is 13.5. The fourth-order valence-corrected chi connectivity index (χ4v) is 2.71. The lowest BCUT2D eigenvalue weighted by Crippen LogP contribution is -2.04. The van der Waals surface area contributed by atoms with Crippen molar-refractivity contribution >= 4 is 10.4 Å². The van der Waals surface area contributed by atoms with E-state index in [0.717, 1.165) is 18.8 Å². The van der Waals surface area contributed by atoms with E-state index in [1.807, 2.05) is 0 Å². The number of hydrogen-bond donors (Lipinski definition) is 1. The van der Waals surface area contributed by atoms with E-state index < -0.39 is 10.4 Å². The second kappa shape index (κ2) is 13.5. The Morgan fingerprint density at radius 3 is 1.71 bits per heavy atom. The summed E-state index contributed by atoms with van der Waals surface area (Å²) in [5, 5.41) is 0. The van der Waals surface area contributed by atoms with Crippen LogP contribution in [-0.2, 0) is 14.6 Å². The van der Waals surface area contributed by atoms with Crippen LogP contribution in [0.3, 0.4) is 0 Å². The average molecular weight is 323 g/mol. The Labute approximate surface area is 131 Å². The van der Waals surface area contributed by atoms with Crippen LogP contribution in [0.4, 0.5) is 0 Å². The van der Waals surface area contributed by atoms with E-state index in [4.69, 9.17) is 4.55 Å². The molecule has 0 heterocycles. The quantitative estimate of drug-likeness (QED) is 0.335. The lowest BCUT2D eigenvalue weighted by Gasteiger charge is -2.07. The second-order valence-corrected chi connectivity index (χ2v) is 7.18. The summed E-state index contributed by atoms with van der Waals surface area (Å²) in [6.45, 7) is 4.69. The van der Waals surface area contributed by atoms with Gasteiger partial charge in [-0.15, -0.1) is 0 Å². The SMILES string of the molecule is CCC(C)CCCCCCCCCCCCOS(=O)(=O)O. The second-order valence-electron chi connectivity index (χ2n) is 6.09. The summed E-state index contributed by atoms with van der Waals surface area (Å²) in [6.07, 6.45) is 14.7. The summed E-state index contributed by atoms with van der Waals surface area (Å²) in [5.41, 5.74) is 0. The molecule has 1 N–H and O–H groups in total. The van der Waals surface area contributed by atoms with Crippen LogP contribution >= 0.6 is 0 Å². The van der Waals surface area contributed by atoms with Crippen molar-refractivity contribution in [3.8, 4) is 0 Å². The molecule has 0 spiro atoms. The summed E-state index contributed by atoms with van der Waals surface area (Å²) in [6, 6.07) is 0. The monoisotopic (exact) mass is 322 g/mol. The van der Waals surface area contributed by atoms with Crippen molar-refractivity contribution in [2.24, 2.45) is 5.92 Å². The smallest absolute Gasteiger partial charge is 0.264 e. The van der Waals surface area contributed by atoms with Crippen molar-refractivity contribution in [2.75, 3.05) is 6.61 Å².